The van der Waals surface area contributed by atoms with Crippen molar-refractivity contribution in [3.05, 3.63) is 39.7 Å². The molecule has 1 N–H and O–H groups in total. The van der Waals surface area contributed by atoms with Gasteiger partial charge < -0.3 is 10.0 Å². The lowest BCUT2D eigenvalue weighted by molar-refractivity contribution is -0.387. The minimum atomic E-state index is -1.16. The first kappa shape index (κ1) is 14.9. The summed E-state index contributed by atoms with van der Waals surface area (Å²) in [5, 5.41) is 19.4. The largest absolute Gasteiger partial charge is 0.480 e. The van der Waals surface area contributed by atoms with Gasteiger partial charge in [0.05, 0.1) is 4.92 Å². The number of benzene rings is 1. The van der Waals surface area contributed by atoms with E-state index in [4.69, 9.17) is 5.11 Å². The van der Waals surface area contributed by atoms with E-state index < -0.39 is 34.8 Å². The molecule has 0 atom stereocenters. The summed E-state index contributed by atoms with van der Waals surface area (Å²) in [7, 11) is 0. The predicted molar refractivity (Wildman–Crippen MR) is 69.3 cm³/mol. The van der Waals surface area contributed by atoms with Gasteiger partial charge >= 0.3 is 11.7 Å². The molecule has 1 fully saturated rings. The van der Waals surface area contributed by atoms with Gasteiger partial charge in [-0.05, 0) is 30.9 Å². The lowest BCUT2D eigenvalue weighted by atomic mass is 10.1. The Bertz CT molecular complexity index is 600. The Morgan fingerprint density at radius 2 is 2.10 bits per heavy atom. The van der Waals surface area contributed by atoms with Crippen LogP contribution in [0, 0.1) is 21.8 Å². The van der Waals surface area contributed by atoms with Crippen LogP contribution in [0.2, 0.25) is 0 Å². The fourth-order valence-corrected chi connectivity index (χ4v) is 1.97. The number of hydrogen-bond donors (Lipinski definition) is 1. The van der Waals surface area contributed by atoms with Crippen molar-refractivity contribution in [1.29, 1.82) is 0 Å². The van der Waals surface area contributed by atoms with E-state index in [1.165, 1.54) is 0 Å². The molecule has 0 bridgehead atoms. The molecule has 21 heavy (non-hydrogen) atoms. The predicted octanol–water partition coefficient (Wildman–Crippen LogP) is 1.67. The third-order valence-electron chi connectivity index (χ3n) is 3.18. The van der Waals surface area contributed by atoms with E-state index in [1.807, 2.05) is 0 Å². The molecule has 2 rings (SSSR count). The third kappa shape index (κ3) is 3.74. The van der Waals surface area contributed by atoms with Crippen molar-refractivity contribution in [2.24, 2.45) is 5.92 Å². The van der Waals surface area contributed by atoms with Crippen LogP contribution < -0.4 is 0 Å². The first-order chi connectivity index (χ1) is 9.88. The lowest BCUT2D eigenvalue weighted by Crippen LogP contribution is -2.37. The van der Waals surface area contributed by atoms with Gasteiger partial charge in [-0.1, -0.05) is 0 Å². The van der Waals surface area contributed by atoms with E-state index >= 15 is 0 Å². The standard InChI is InChI=1S/C13H13FN2O5/c14-10-5-9(3-4-11(10)16(20)21)13(19)15(7-12(17)18)6-8-1-2-8/h3-5,8H,1-2,6-7H2,(H,17,18). The molecule has 0 unspecified atom stereocenters. The normalized spacial score (nSPS) is 13.8. The van der Waals surface area contributed by atoms with Crippen molar-refractivity contribution in [2.45, 2.75) is 12.8 Å². The molecule has 0 aliphatic heterocycles. The summed E-state index contributed by atoms with van der Waals surface area (Å²) in [5.41, 5.74) is -0.821. The molecule has 0 radical (unpaired) electrons. The Morgan fingerprint density at radius 3 is 2.57 bits per heavy atom. The smallest absolute Gasteiger partial charge is 0.323 e. The van der Waals surface area contributed by atoms with E-state index in [1.54, 1.807) is 0 Å². The van der Waals surface area contributed by atoms with Crippen molar-refractivity contribution in [3.8, 4) is 0 Å². The molecular weight excluding hydrogens is 283 g/mol. The molecule has 1 aliphatic carbocycles. The maximum atomic E-state index is 13.5. The molecule has 1 aromatic carbocycles. The minimum absolute atomic E-state index is 0.0972. The zero-order valence-corrected chi connectivity index (χ0v) is 11.0. The van der Waals surface area contributed by atoms with E-state index in [9.17, 15) is 24.1 Å². The Hall–Kier alpha value is -2.51. The number of rotatable bonds is 6. The number of carbonyl (C=O) groups excluding carboxylic acids is 1. The van der Waals surface area contributed by atoms with Crippen LogP contribution in [0.5, 0.6) is 0 Å². The second kappa shape index (κ2) is 5.86. The number of nitro groups is 1. The molecule has 1 aromatic rings. The number of amides is 1. The third-order valence-corrected chi connectivity index (χ3v) is 3.18. The Labute approximate surface area is 119 Å². The summed E-state index contributed by atoms with van der Waals surface area (Å²) < 4.78 is 13.5. The van der Waals surface area contributed by atoms with Crippen molar-refractivity contribution in [3.63, 3.8) is 0 Å². The van der Waals surface area contributed by atoms with Gasteiger partial charge in [0.2, 0.25) is 5.82 Å². The van der Waals surface area contributed by atoms with Crippen LogP contribution in [-0.2, 0) is 4.79 Å². The highest BCUT2D eigenvalue weighted by Gasteiger charge is 2.29. The van der Waals surface area contributed by atoms with Crippen LogP contribution in [0.15, 0.2) is 18.2 Å². The molecule has 1 aliphatic rings. The molecule has 8 heteroatoms. The summed E-state index contributed by atoms with van der Waals surface area (Å²) in [6, 6.07) is 2.80. The van der Waals surface area contributed by atoms with Crippen LogP contribution >= 0.6 is 0 Å². The maximum absolute atomic E-state index is 13.5. The quantitative estimate of drug-likeness (QED) is 0.635. The van der Waals surface area contributed by atoms with Gasteiger partial charge in [-0.15, -0.1) is 0 Å². The molecule has 0 spiro atoms. The highest BCUT2D eigenvalue weighted by atomic mass is 19.1. The van der Waals surface area contributed by atoms with Gasteiger partial charge in [-0.25, -0.2) is 0 Å². The van der Waals surface area contributed by atoms with Gasteiger partial charge in [0, 0.05) is 18.2 Å². The summed E-state index contributed by atoms with van der Waals surface area (Å²) in [4.78, 5) is 33.8. The molecular formula is C13H13FN2O5. The second-order valence-electron chi connectivity index (χ2n) is 4.95. The number of hydrogen-bond acceptors (Lipinski definition) is 4. The molecule has 1 amide bonds. The minimum Gasteiger partial charge on any atom is -0.480 e. The summed E-state index contributed by atoms with van der Waals surface area (Å²) in [5.74, 6) is -2.65. The fourth-order valence-electron chi connectivity index (χ4n) is 1.97. The Balaban J connectivity index is 2.20. The van der Waals surface area contributed by atoms with Gasteiger partial charge in [0.25, 0.3) is 5.91 Å². The second-order valence-corrected chi connectivity index (χ2v) is 4.95. The summed E-state index contributed by atoms with van der Waals surface area (Å²) >= 11 is 0. The number of halogens is 1. The zero-order valence-electron chi connectivity index (χ0n) is 11.0. The lowest BCUT2D eigenvalue weighted by Gasteiger charge is -2.20. The van der Waals surface area contributed by atoms with E-state index in [0.29, 0.717) is 6.54 Å². The van der Waals surface area contributed by atoms with Crippen molar-refractivity contribution in [2.75, 3.05) is 13.1 Å². The van der Waals surface area contributed by atoms with Crippen molar-refractivity contribution < 1.29 is 24.0 Å². The van der Waals surface area contributed by atoms with Crippen LogP contribution in [-0.4, -0.2) is 39.9 Å². The molecule has 0 heterocycles. The van der Waals surface area contributed by atoms with Crippen molar-refractivity contribution >= 4 is 17.6 Å². The van der Waals surface area contributed by atoms with Gasteiger partial charge in [-0.2, -0.15) is 4.39 Å². The zero-order chi connectivity index (χ0) is 15.6. The average molecular weight is 296 g/mol. The summed E-state index contributed by atoms with van der Waals surface area (Å²) in [6.45, 7) is -0.183. The number of carboxylic acids is 1. The highest BCUT2D eigenvalue weighted by molar-refractivity contribution is 5.96. The first-order valence-electron chi connectivity index (χ1n) is 6.33. The van der Waals surface area contributed by atoms with Crippen LogP contribution in [0.3, 0.4) is 0 Å². The topological polar surface area (TPSA) is 101 Å². The molecule has 0 aromatic heterocycles. The Kier molecular flexibility index (Phi) is 4.15. The molecule has 112 valence electrons. The van der Waals surface area contributed by atoms with Crippen LogP contribution in [0.25, 0.3) is 0 Å². The number of aliphatic carboxylic acids is 1. The Morgan fingerprint density at radius 1 is 1.43 bits per heavy atom. The van der Waals surface area contributed by atoms with Crippen molar-refractivity contribution in [1.82, 2.24) is 4.90 Å². The maximum Gasteiger partial charge on any atom is 0.323 e. The number of carboxylic acid groups (broad SMARTS) is 1. The average Bonchev–Trinajstić information content (AvgIpc) is 3.20. The number of carbonyl (C=O) groups is 2. The monoisotopic (exact) mass is 296 g/mol. The highest BCUT2D eigenvalue weighted by Crippen LogP contribution is 2.30. The number of nitro benzene ring substituents is 1. The summed E-state index contributed by atoms with van der Waals surface area (Å²) in [6.07, 6.45) is 1.86. The van der Waals surface area contributed by atoms with Crippen LogP contribution in [0.4, 0.5) is 10.1 Å². The SMILES string of the molecule is O=C(O)CN(CC1CC1)C(=O)c1ccc([N+](=O)[O-])c(F)c1. The van der Waals surface area contributed by atoms with Gasteiger partial charge in [-0.3, -0.25) is 19.7 Å². The van der Waals surface area contributed by atoms with Gasteiger partial charge in [0.15, 0.2) is 0 Å². The first-order valence-corrected chi connectivity index (χ1v) is 6.33. The van der Waals surface area contributed by atoms with Crippen LogP contribution in [0.1, 0.15) is 23.2 Å². The molecule has 1 saturated carbocycles. The number of nitrogens with zero attached hydrogens (tertiary/aromatic N) is 2. The fraction of sp³-hybridized carbons (Fsp3) is 0.385. The molecule has 7 nitrogen and oxygen atoms in total. The molecule has 0 saturated heterocycles. The van der Waals surface area contributed by atoms with Gasteiger partial charge in [0.1, 0.15) is 6.54 Å². The van der Waals surface area contributed by atoms with E-state index in [-0.39, 0.29) is 11.5 Å². The van der Waals surface area contributed by atoms with E-state index in [0.717, 1.165) is 35.9 Å². The van der Waals surface area contributed by atoms with E-state index in [2.05, 4.69) is 0 Å².